The van der Waals surface area contributed by atoms with E-state index >= 15 is 0 Å². The molecule has 0 aromatic heterocycles. The molecule has 1 unspecified atom stereocenters. The standard InChI is InChI=1S/C17H24O/c1-11-12(2)16(18)8-13-9-17(3,10-15(11)13)14-6-4-5-7-14/h8,14,18H,4-7,9-10H2,1-3H3. The number of hydrogen-bond donors (Lipinski definition) is 1. The maximum Gasteiger partial charge on any atom is 0.119 e. The predicted molar refractivity (Wildman–Crippen MR) is 75.1 cm³/mol. The van der Waals surface area contributed by atoms with E-state index in [0.29, 0.717) is 11.2 Å². The molecule has 1 N–H and O–H groups in total. The highest BCUT2D eigenvalue weighted by molar-refractivity contribution is 5.50. The van der Waals surface area contributed by atoms with E-state index in [1.54, 1.807) is 0 Å². The monoisotopic (exact) mass is 244 g/mol. The van der Waals surface area contributed by atoms with E-state index in [2.05, 4.69) is 13.8 Å². The lowest BCUT2D eigenvalue weighted by Crippen LogP contribution is -2.26. The molecule has 1 atom stereocenters. The summed E-state index contributed by atoms with van der Waals surface area (Å²) in [6, 6.07) is 2.03. The van der Waals surface area contributed by atoms with Gasteiger partial charge in [-0.25, -0.2) is 0 Å². The van der Waals surface area contributed by atoms with Gasteiger partial charge in [0, 0.05) is 0 Å². The Hall–Kier alpha value is -0.980. The van der Waals surface area contributed by atoms with Gasteiger partial charge in [-0.2, -0.15) is 0 Å². The van der Waals surface area contributed by atoms with Crippen molar-refractivity contribution in [2.45, 2.75) is 59.3 Å². The van der Waals surface area contributed by atoms with Gasteiger partial charge < -0.3 is 5.11 Å². The molecule has 0 spiro atoms. The van der Waals surface area contributed by atoms with Crippen molar-refractivity contribution in [2.24, 2.45) is 11.3 Å². The van der Waals surface area contributed by atoms with Crippen LogP contribution in [0.1, 0.15) is 54.9 Å². The molecule has 2 aliphatic carbocycles. The van der Waals surface area contributed by atoms with Crippen LogP contribution in [0.25, 0.3) is 0 Å². The van der Waals surface area contributed by atoms with Crippen molar-refractivity contribution in [2.75, 3.05) is 0 Å². The summed E-state index contributed by atoms with van der Waals surface area (Å²) in [5.41, 5.74) is 5.78. The van der Waals surface area contributed by atoms with E-state index in [0.717, 1.165) is 11.5 Å². The fraction of sp³-hybridized carbons (Fsp3) is 0.647. The van der Waals surface area contributed by atoms with Crippen LogP contribution in [-0.4, -0.2) is 5.11 Å². The second kappa shape index (κ2) is 4.01. The molecule has 0 bridgehead atoms. The van der Waals surface area contributed by atoms with E-state index in [-0.39, 0.29) is 0 Å². The van der Waals surface area contributed by atoms with Gasteiger partial charge >= 0.3 is 0 Å². The molecule has 0 amide bonds. The Kier molecular flexibility index (Phi) is 2.69. The molecule has 1 heteroatoms. The van der Waals surface area contributed by atoms with Gasteiger partial charge in [-0.1, -0.05) is 19.8 Å². The highest BCUT2D eigenvalue weighted by Crippen LogP contribution is 2.50. The van der Waals surface area contributed by atoms with Crippen LogP contribution in [-0.2, 0) is 12.8 Å². The number of aromatic hydroxyl groups is 1. The number of hydrogen-bond acceptors (Lipinski definition) is 1. The van der Waals surface area contributed by atoms with E-state index in [9.17, 15) is 5.11 Å². The first-order valence-corrected chi connectivity index (χ1v) is 7.32. The molecule has 0 saturated heterocycles. The Morgan fingerprint density at radius 2 is 1.78 bits per heavy atom. The summed E-state index contributed by atoms with van der Waals surface area (Å²) < 4.78 is 0. The predicted octanol–water partition coefficient (Wildman–Crippen LogP) is 4.30. The summed E-state index contributed by atoms with van der Waals surface area (Å²) in [6.45, 7) is 6.68. The number of benzene rings is 1. The molecule has 1 nitrogen and oxygen atoms in total. The third-order valence-electron chi connectivity index (χ3n) is 5.61. The van der Waals surface area contributed by atoms with Crippen LogP contribution in [0, 0.1) is 25.2 Å². The lowest BCUT2D eigenvalue weighted by Gasteiger charge is -2.31. The minimum Gasteiger partial charge on any atom is -0.508 e. The molecule has 1 aromatic rings. The summed E-state index contributed by atoms with van der Waals surface area (Å²) in [5.74, 6) is 1.38. The van der Waals surface area contributed by atoms with Crippen molar-refractivity contribution in [1.82, 2.24) is 0 Å². The molecular weight excluding hydrogens is 220 g/mol. The Morgan fingerprint density at radius 3 is 2.44 bits per heavy atom. The van der Waals surface area contributed by atoms with E-state index < -0.39 is 0 Å². The zero-order chi connectivity index (χ0) is 12.9. The third-order valence-corrected chi connectivity index (χ3v) is 5.61. The van der Waals surface area contributed by atoms with Gasteiger partial charge in [-0.15, -0.1) is 0 Å². The highest BCUT2D eigenvalue weighted by atomic mass is 16.3. The first-order chi connectivity index (χ1) is 8.51. The molecule has 1 fully saturated rings. The number of rotatable bonds is 1. The molecular formula is C17H24O. The molecule has 1 saturated carbocycles. The molecule has 18 heavy (non-hydrogen) atoms. The highest BCUT2D eigenvalue weighted by Gasteiger charge is 2.41. The average molecular weight is 244 g/mol. The average Bonchev–Trinajstić information content (AvgIpc) is 2.94. The van der Waals surface area contributed by atoms with Crippen molar-refractivity contribution in [3.05, 3.63) is 28.3 Å². The fourth-order valence-corrected chi connectivity index (χ4v) is 4.24. The molecule has 0 aliphatic heterocycles. The van der Waals surface area contributed by atoms with Crippen LogP contribution in [0.2, 0.25) is 0 Å². The van der Waals surface area contributed by atoms with Crippen molar-refractivity contribution < 1.29 is 5.11 Å². The normalized spacial score (nSPS) is 27.7. The molecule has 98 valence electrons. The second-order valence-electron chi connectivity index (χ2n) is 6.77. The number of phenolic OH excluding ortho intramolecular Hbond substituents is 1. The SMILES string of the molecule is Cc1c(O)cc2c(c1C)CC(C)(C1CCCC1)C2. The van der Waals surface area contributed by atoms with Gasteiger partial charge in [0.2, 0.25) is 0 Å². The maximum absolute atomic E-state index is 10.00. The zero-order valence-corrected chi connectivity index (χ0v) is 11.8. The summed E-state index contributed by atoms with van der Waals surface area (Å²) in [6.07, 6.45) is 8.05. The first kappa shape index (κ1) is 12.1. The zero-order valence-electron chi connectivity index (χ0n) is 11.8. The second-order valence-corrected chi connectivity index (χ2v) is 6.77. The molecule has 1 aromatic carbocycles. The summed E-state index contributed by atoms with van der Waals surface area (Å²) in [5, 5.41) is 10.00. The van der Waals surface area contributed by atoms with Crippen molar-refractivity contribution >= 4 is 0 Å². The lowest BCUT2D eigenvalue weighted by molar-refractivity contribution is 0.202. The Labute approximate surface area is 110 Å². The van der Waals surface area contributed by atoms with Gasteiger partial charge in [0.05, 0.1) is 0 Å². The van der Waals surface area contributed by atoms with Crippen LogP contribution < -0.4 is 0 Å². The van der Waals surface area contributed by atoms with Crippen LogP contribution >= 0.6 is 0 Å². The molecule has 0 heterocycles. The van der Waals surface area contributed by atoms with Crippen LogP contribution in [0.3, 0.4) is 0 Å². The summed E-state index contributed by atoms with van der Waals surface area (Å²) in [7, 11) is 0. The minimum absolute atomic E-state index is 0.448. The van der Waals surface area contributed by atoms with Gasteiger partial charge in [0.25, 0.3) is 0 Å². The lowest BCUT2D eigenvalue weighted by atomic mass is 9.73. The fourth-order valence-electron chi connectivity index (χ4n) is 4.24. The number of phenols is 1. The van der Waals surface area contributed by atoms with E-state index in [1.807, 2.05) is 13.0 Å². The number of fused-ring (bicyclic) bond motifs is 1. The van der Waals surface area contributed by atoms with E-state index in [4.69, 9.17) is 0 Å². The minimum atomic E-state index is 0.448. The first-order valence-electron chi connectivity index (χ1n) is 7.32. The van der Waals surface area contributed by atoms with Crippen molar-refractivity contribution in [3.8, 4) is 5.75 Å². The molecule has 2 aliphatic rings. The topological polar surface area (TPSA) is 20.2 Å². The Morgan fingerprint density at radius 1 is 1.11 bits per heavy atom. The maximum atomic E-state index is 10.00. The van der Waals surface area contributed by atoms with Crippen LogP contribution in [0.15, 0.2) is 6.07 Å². The Balaban J connectivity index is 1.97. The summed E-state index contributed by atoms with van der Waals surface area (Å²) >= 11 is 0. The smallest absolute Gasteiger partial charge is 0.119 e. The van der Waals surface area contributed by atoms with Gasteiger partial charge in [-0.3, -0.25) is 0 Å². The quantitative estimate of drug-likeness (QED) is 0.780. The molecule has 0 radical (unpaired) electrons. The van der Waals surface area contributed by atoms with E-state index in [1.165, 1.54) is 55.2 Å². The van der Waals surface area contributed by atoms with Crippen molar-refractivity contribution in [1.29, 1.82) is 0 Å². The van der Waals surface area contributed by atoms with Crippen LogP contribution in [0.4, 0.5) is 0 Å². The summed E-state index contributed by atoms with van der Waals surface area (Å²) in [4.78, 5) is 0. The third kappa shape index (κ3) is 1.67. The largest absolute Gasteiger partial charge is 0.508 e. The Bertz CT molecular complexity index is 483. The van der Waals surface area contributed by atoms with Gasteiger partial charge in [0.15, 0.2) is 0 Å². The van der Waals surface area contributed by atoms with Crippen molar-refractivity contribution in [3.63, 3.8) is 0 Å². The molecule has 3 rings (SSSR count). The van der Waals surface area contributed by atoms with Gasteiger partial charge in [0.1, 0.15) is 5.75 Å². The van der Waals surface area contributed by atoms with Gasteiger partial charge in [-0.05, 0) is 79.2 Å². The van der Waals surface area contributed by atoms with Crippen LogP contribution in [0.5, 0.6) is 5.75 Å².